The van der Waals surface area contributed by atoms with E-state index < -0.39 is 12.0 Å². The van der Waals surface area contributed by atoms with E-state index in [9.17, 15) is 14.7 Å². The minimum absolute atomic E-state index is 0.0114. The van der Waals surface area contributed by atoms with Crippen molar-refractivity contribution in [2.75, 3.05) is 12.0 Å². The largest absolute Gasteiger partial charge is 0.480 e. The maximum absolute atomic E-state index is 12.6. The lowest BCUT2D eigenvalue weighted by atomic mass is 9.51. The lowest BCUT2D eigenvalue weighted by Gasteiger charge is -2.53. The molecule has 0 aromatic heterocycles. The Morgan fingerprint density at radius 1 is 1.14 bits per heavy atom. The molecule has 4 fully saturated rings. The summed E-state index contributed by atoms with van der Waals surface area (Å²) in [6.45, 7) is 0. The maximum Gasteiger partial charge on any atom is 0.326 e. The molecule has 0 radical (unpaired) electrons. The quantitative estimate of drug-likeness (QED) is 0.790. The first-order valence-corrected chi connectivity index (χ1v) is 9.50. The fourth-order valence-corrected chi connectivity index (χ4v) is 5.59. The second-order valence-corrected chi connectivity index (χ2v) is 8.12. The molecule has 1 atom stereocenters. The maximum atomic E-state index is 12.6. The van der Waals surface area contributed by atoms with Crippen molar-refractivity contribution < 1.29 is 14.7 Å². The lowest BCUT2D eigenvalue weighted by molar-refractivity contribution is -0.146. The number of rotatable bonds is 6. The molecule has 0 unspecified atom stereocenters. The van der Waals surface area contributed by atoms with Crippen molar-refractivity contribution in [2.24, 2.45) is 29.6 Å². The van der Waals surface area contributed by atoms with E-state index in [1.807, 2.05) is 6.26 Å². The van der Waals surface area contributed by atoms with Crippen LogP contribution < -0.4 is 5.32 Å². The van der Waals surface area contributed by atoms with Crippen molar-refractivity contribution in [1.29, 1.82) is 0 Å². The number of carboxylic acids is 1. The van der Waals surface area contributed by atoms with Crippen LogP contribution in [0.15, 0.2) is 0 Å². The summed E-state index contributed by atoms with van der Waals surface area (Å²) in [5.41, 5.74) is 0. The van der Waals surface area contributed by atoms with Gasteiger partial charge in [-0.15, -0.1) is 0 Å². The third kappa shape index (κ3) is 3.08. The van der Waals surface area contributed by atoms with Crippen molar-refractivity contribution in [3.8, 4) is 0 Å². The highest BCUT2D eigenvalue weighted by Crippen LogP contribution is 2.56. The van der Waals surface area contributed by atoms with E-state index in [0.717, 1.165) is 17.6 Å². The molecule has 1 amide bonds. The molecule has 4 aliphatic rings. The topological polar surface area (TPSA) is 66.4 Å². The molecule has 0 spiro atoms. The molecule has 118 valence electrons. The minimum Gasteiger partial charge on any atom is -0.480 e. The van der Waals surface area contributed by atoms with Gasteiger partial charge in [0.15, 0.2) is 0 Å². The van der Waals surface area contributed by atoms with Crippen LogP contribution in [0.5, 0.6) is 0 Å². The fraction of sp³-hybridized carbons (Fsp3) is 0.875. The number of nitrogens with one attached hydrogen (secondary N) is 1. The Morgan fingerprint density at radius 3 is 2.19 bits per heavy atom. The SMILES string of the molecule is CSCC[C@H](NC(=O)C1C2CC3CC(C2)CC1C3)C(=O)O. The Kier molecular flexibility index (Phi) is 4.48. The van der Waals surface area contributed by atoms with Gasteiger partial charge in [-0.1, -0.05) is 0 Å². The molecule has 0 saturated heterocycles. The van der Waals surface area contributed by atoms with E-state index in [-0.39, 0.29) is 11.8 Å². The summed E-state index contributed by atoms with van der Waals surface area (Å²) < 4.78 is 0. The summed E-state index contributed by atoms with van der Waals surface area (Å²) >= 11 is 1.62. The van der Waals surface area contributed by atoms with Crippen LogP contribution in [0, 0.1) is 29.6 Å². The Hall–Kier alpha value is -0.710. The molecule has 21 heavy (non-hydrogen) atoms. The first-order valence-electron chi connectivity index (χ1n) is 8.10. The third-order valence-corrected chi connectivity index (χ3v) is 6.40. The van der Waals surface area contributed by atoms with E-state index >= 15 is 0 Å². The molecule has 4 bridgehead atoms. The summed E-state index contributed by atoms with van der Waals surface area (Å²) in [5, 5.41) is 12.1. The monoisotopic (exact) mass is 311 g/mol. The molecule has 4 nitrogen and oxygen atoms in total. The molecule has 5 heteroatoms. The zero-order chi connectivity index (χ0) is 15.0. The summed E-state index contributed by atoms with van der Waals surface area (Å²) in [5.74, 6) is 2.64. The van der Waals surface area contributed by atoms with Crippen LogP contribution in [0.25, 0.3) is 0 Å². The first kappa shape index (κ1) is 15.2. The van der Waals surface area contributed by atoms with E-state index in [1.54, 1.807) is 11.8 Å². The standard InChI is InChI=1S/C16H25NO3S/c1-21-3-2-13(16(19)20)17-15(18)14-11-5-9-4-10(7-11)8-12(14)6-9/h9-14H,2-8H2,1H3,(H,17,18)(H,19,20)/t9?,10?,11?,12?,13-,14?/m0/s1. The molecule has 2 N–H and O–H groups in total. The highest BCUT2D eigenvalue weighted by atomic mass is 32.2. The van der Waals surface area contributed by atoms with Crippen LogP contribution in [0.1, 0.15) is 38.5 Å². The molecule has 4 aliphatic carbocycles. The van der Waals surface area contributed by atoms with Crippen LogP contribution in [-0.2, 0) is 9.59 Å². The predicted octanol–water partition coefficient (Wildman–Crippen LogP) is 2.38. The summed E-state index contributed by atoms with van der Waals surface area (Å²) in [7, 11) is 0. The molecule has 4 saturated carbocycles. The number of carbonyl (C=O) groups excluding carboxylic acids is 1. The van der Waals surface area contributed by atoms with Crippen molar-refractivity contribution in [2.45, 2.75) is 44.6 Å². The molecule has 0 heterocycles. The van der Waals surface area contributed by atoms with Crippen molar-refractivity contribution in [3.63, 3.8) is 0 Å². The van der Waals surface area contributed by atoms with Gasteiger partial charge >= 0.3 is 5.97 Å². The molecule has 0 aliphatic heterocycles. The number of carboxylic acid groups (broad SMARTS) is 1. The lowest BCUT2D eigenvalue weighted by Crippen LogP contribution is -2.53. The van der Waals surface area contributed by atoms with E-state index in [1.165, 1.54) is 32.1 Å². The van der Waals surface area contributed by atoms with Gasteiger partial charge in [0.1, 0.15) is 6.04 Å². The highest BCUT2D eigenvalue weighted by molar-refractivity contribution is 7.98. The minimum atomic E-state index is -0.902. The van der Waals surface area contributed by atoms with Gasteiger partial charge in [-0.25, -0.2) is 4.79 Å². The Bertz CT molecular complexity index is 398. The number of hydrogen-bond donors (Lipinski definition) is 2. The van der Waals surface area contributed by atoms with Gasteiger partial charge < -0.3 is 10.4 Å². The fourth-order valence-electron chi connectivity index (χ4n) is 5.11. The van der Waals surface area contributed by atoms with Gasteiger partial charge in [-0.05, 0) is 74.2 Å². The van der Waals surface area contributed by atoms with Gasteiger partial charge in [0.25, 0.3) is 0 Å². The summed E-state index contributed by atoms with van der Waals surface area (Å²) in [6, 6.07) is -0.720. The van der Waals surface area contributed by atoms with Crippen LogP contribution in [0.2, 0.25) is 0 Å². The van der Waals surface area contributed by atoms with E-state index in [0.29, 0.717) is 18.3 Å². The van der Waals surface area contributed by atoms with Crippen LogP contribution >= 0.6 is 11.8 Å². The number of aliphatic carboxylic acids is 1. The number of amides is 1. The van der Waals surface area contributed by atoms with Crippen LogP contribution in [-0.4, -0.2) is 35.0 Å². The molecule has 0 aromatic carbocycles. The number of thioether (sulfide) groups is 1. The zero-order valence-corrected chi connectivity index (χ0v) is 13.4. The zero-order valence-electron chi connectivity index (χ0n) is 12.6. The van der Waals surface area contributed by atoms with Crippen molar-refractivity contribution in [1.82, 2.24) is 5.32 Å². The normalized spacial score (nSPS) is 38.2. The molecular formula is C16H25NO3S. The van der Waals surface area contributed by atoms with Crippen LogP contribution in [0.3, 0.4) is 0 Å². The van der Waals surface area contributed by atoms with Gasteiger partial charge in [0.05, 0.1) is 0 Å². The Morgan fingerprint density at radius 2 is 1.71 bits per heavy atom. The second kappa shape index (κ2) is 6.19. The predicted molar refractivity (Wildman–Crippen MR) is 83.1 cm³/mol. The van der Waals surface area contributed by atoms with Gasteiger partial charge in [0.2, 0.25) is 5.91 Å². The molecule has 0 aromatic rings. The highest BCUT2D eigenvalue weighted by Gasteiger charge is 2.51. The number of carbonyl (C=O) groups is 2. The molecular weight excluding hydrogens is 286 g/mol. The van der Waals surface area contributed by atoms with Crippen molar-refractivity contribution >= 4 is 23.6 Å². The van der Waals surface area contributed by atoms with E-state index in [2.05, 4.69) is 5.32 Å². The summed E-state index contributed by atoms with van der Waals surface area (Å²) in [6.07, 6.45) is 8.59. The van der Waals surface area contributed by atoms with Gasteiger partial charge in [-0.2, -0.15) is 11.8 Å². The van der Waals surface area contributed by atoms with Crippen molar-refractivity contribution in [3.05, 3.63) is 0 Å². The van der Waals surface area contributed by atoms with E-state index in [4.69, 9.17) is 0 Å². The summed E-state index contributed by atoms with van der Waals surface area (Å²) in [4.78, 5) is 23.9. The van der Waals surface area contributed by atoms with Gasteiger partial charge in [0, 0.05) is 5.92 Å². The van der Waals surface area contributed by atoms with Crippen LogP contribution in [0.4, 0.5) is 0 Å². The van der Waals surface area contributed by atoms with Gasteiger partial charge in [-0.3, -0.25) is 4.79 Å². The smallest absolute Gasteiger partial charge is 0.326 e. The first-order chi connectivity index (χ1) is 10.1. The second-order valence-electron chi connectivity index (χ2n) is 7.14. The average Bonchev–Trinajstić information content (AvgIpc) is 2.41. The average molecular weight is 311 g/mol. The Labute approximate surface area is 130 Å². The number of hydrogen-bond acceptors (Lipinski definition) is 3. The third-order valence-electron chi connectivity index (χ3n) is 5.75. The Balaban J connectivity index is 1.63. The molecule has 4 rings (SSSR count).